The van der Waals surface area contributed by atoms with Crippen molar-refractivity contribution >= 4 is 5.71 Å². The van der Waals surface area contributed by atoms with Crippen LogP contribution in [0.1, 0.15) is 20.3 Å². The van der Waals surface area contributed by atoms with Gasteiger partial charge in [0, 0.05) is 12.8 Å². The molecule has 0 atom stereocenters. The van der Waals surface area contributed by atoms with Crippen molar-refractivity contribution in [2.75, 3.05) is 7.05 Å². The Labute approximate surface area is 51.1 Å². The van der Waals surface area contributed by atoms with E-state index in [1.165, 1.54) is 0 Å². The average molecular weight is 111 g/mol. The van der Waals surface area contributed by atoms with Gasteiger partial charge in [-0.15, -0.1) is 0 Å². The zero-order valence-corrected chi connectivity index (χ0v) is 5.86. The summed E-state index contributed by atoms with van der Waals surface area (Å²) < 4.78 is 0. The highest BCUT2D eigenvalue weighted by atomic mass is 14.7. The van der Waals surface area contributed by atoms with Crippen LogP contribution in [0.2, 0.25) is 0 Å². The van der Waals surface area contributed by atoms with Gasteiger partial charge in [-0.3, -0.25) is 4.99 Å². The van der Waals surface area contributed by atoms with Gasteiger partial charge in [0.05, 0.1) is 0 Å². The van der Waals surface area contributed by atoms with Gasteiger partial charge in [-0.05, 0) is 18.9 Å². The molecule has 0 spiro atoms. The highest BCUT2D eigenvalue weighted by Gasteiger charge is 1.90. The summed E-state index contributed by atoms with van der Waals surface area (Å²) in [4.78, 5) is 3.98. The van der Waals surface area contributed by atoms with Crippen LogP contribution >= 0.6 is 0 Å². The number of nitrogens with zero attached hydrogens (tertiary/aromatic N) is 1. The standard InChI is InChI=1S/C7H13N/c1-5-6(2)7(3)8-4/h2,5H2,1,3-4H3. The largest absolute Gasteiger partial charge is 0.293 e. The summed E-state index contributed by atoms with van der Waals surface area (Å²) >= 11 is 0. The summed E-state index contributed by atoms with van der Waals surface area (Å²) in [5.74, 6) is 0. The number of rotatable bonds is 2. The van der Waals surface area contributed by atoms with Crippen molar-refractivity contribution in [3.05, 3.63) is 12.2 Å². The van der Waals surface area contributed by atoms with Crippen molar-refractivity contribution in [3.63, 3.8) is 0 Å². The molecule has 0 bridgehead atoms. The Morgan fingerprint density at radius 3 is 2.25 bits per heavy atom. The Hall–Kier alpha value is -0.590. The third-order valence-corrected chi connectivity index (χ3v) is 1.27. The molecule has 0 heterocycles. The van der Waals surface area contributed by atoms with E-state index in [2.05, 4.69) is 18.5 Å². The topological polar surface area (TPSA) is 12.4 Å². The summed E-state index contributed by atoms with van der Waals surface area (Å²) in [6.45, 7) is 7.87. The molecule has 8 heavy (non-hydrogen) atoms. The number of aliphatic imine (C=N–C) groups is 1. The molecule has 0 rings (SSSR count). The van der Waals surface area contributed by atoms with E-state index < -0.39 is 0 Å². The SMILES string of the molecule is C=C(CC)C(C)=NC. The first-order valence-electron chi connectivity index (χ1n) is 2.84. The van der Waals surface area contributed by atoms with Crippen LogP contribution in [0.15, 0.2) is 17.1 Å². The van der Waals surface area contributed by atoms with Gasteiger partial charge in [-0.2, -0.15) is 0 Å². The van der Waals surface area contributed by atoms with Crippen molar-refractivity contribution < 1.29 is 0 Å². The third-order valence-electron chi connectivity index (χ3n) is 1.27. The van der Waals surface area contributed by atoms with Gasteiger partial charge in [0.1, 0.15) is 0 Å². The maximum atomic E-state index is 3.98. The monoisotopic (exact) mass is 111 g/mol. The molecular formula is C7H13N. The molecule has 0 aromatic heterocycles. The minimum absolute atomic E-state index is 1.00. The zero-order chi connectivity index (χ0) is 6.57. The van der Waals surface area contributed by atoms with Crippen LogP contribution in [-0.4, -0.2) is 12.8 Å². The minimum atomic E-state index is 1.00. The zero-order valence-electron chi connectivity index (χ0n) is 5.86. The lowest BCUT2D eigenvalue weighted by Gasteiger charge is -1.96. The minimum Gasteiger partial charge on any atom is -0.293 e. The van der Waals surface area contributed by atoms with Gasteiger partial charge in [0.2, 0.25) is 0 Å². The van der Waals surface area contributed by atoms with Crippen LogP contribution in [0, 0.1) is 0 Å². The van der Waals surface area contributed by atoms with Gasteiger partial charge in [-0.25, -0.2) is 0 Å². The molecular weight excluding hydrogens is 98.1 g/mol. The quantitative estimate of drug-likeness (QED) is 0.483. The number of allylic oxidation sites excluding steroid dienone is 1. The molecule has 0 radical (unpaired) electrons. The Kier molecular flexibility index (Phi) is 3.16. The molecule has 46 valence electrons. The summed E-state index contributed by atoms with van der Waals surface area (Å²) in [5, 5.41) is 0. The van der Waals surface area contributed by atoms with Crippen molar-refractivity contribution in [2.45, 2.75) is 20.3 Å². The summed E-state index contributed by atoms with van der Waals surface area (Å²) in [7, 11) is 1.79. The molecule has 1 nitrogen and oxygen atoms in total. The summed E-state index contributed by atoms with van der Waals surface area (Å²) in [6.07, 6.45) is 1.00. The fourth-order valence-electron chi connectivity index (χ4n) is 0.414. The summed E-state index contributed by atoms with van der Waals surface area (Å²) in [5.41, 5.74) is 2.19. The van der Waals surface area contributed by atoms with Gasteiger partial charge in [0.25, 0.3) is 0 Å². The maximum absolute atomic E-state index is 3.98. The van der Waals surface area contributed by atoms with Crippen LogP contribution in [0.25, 0.3) is 0 Å². The van der Waals surface area contributed by atoms with Crippen LogP contribution in [-0.2, 0) is 0 Å². The molecule has 0 fully saturated rings. The lowest BCUT2D eigenvalue weighted by molar-refractivity contribution is 1.17. The van der Waals surface area contributed by atoms with Gasteiger partial charge >= 0.3 is 0 Å². The van der Waals surface area contributed by atoms with Gasteiger partial charge in [0.15, 0.2) is 0 Å². The van der Waals surface area contributed by atoms with E-state index in [0.717, 1.165) is 17.7 Å². The lowest BCUT2D eigenvalue weighted by atomic mass is 10.1. The van der Waals surface area contributed by atoms with Crippen LogP contribution < -0.4 is 0 Å². The van der Waals surface area contributed by atoms with Crippen molar-refractivity contribution in [1.29, 1.82) is 0 Å². The van der Waals surface area contributed by atoms with Crippen LogP contribution in [0.4, 0.5) is 0 Å². The van der Waals surface area contributed by atoms with E-state index >= 15 is 0 Å². The molecule has 0 saturated heterocycles. The first kappa shape index (κ1) is 7.41. The third kappa shape index (κ3) is 1.92. The Morgan fingerprint density at radius 1 is 1.62 bits per heavy atom. The summed E-state index contributed by atoms with van der Waals surface area (Å²) in [6, 6.07) is 0. The Morgan fingerprint density at radius 2 is 2.12 bits per heavy atom. The van der Waals surface area contributed by atoms with E-state index in [0.29, 0.717) is 0 Å². The van der Waals surface area contributed by atoms with Crippen LogP contribution in [0.3, 0.4) is 0 Å². The van der Waals surface area contributed by atoms with E-state index in [1.807, 2.05) is 6.92 Å². The van der Waals surface area contributed by atoms with Crippen LogP contribution in [0.5, 0.6) is 0 Å². The molecule has 0 amide bonds. The lowest BCUT2D eigenvalue weighted by Crippen LogP contribution is -1.92. The molecule has 0 saturated carbocycles. The smallest absolute Gasteiger partial charge is 0.0339 e. The highest BCUT2D eigenvalue weighted by molar-refractivity contribution is 5.97. The van der Waals surface area contributed by atoms with Crippen molar-refractivity contribution in [1.82, 2.24) is 0 Å². The Bertz CT molecular complexity index is 112. The first-order chi connectivity index (χ1) is 3.72. The van der Waals surface area contributed by atoms with E-state index in [1.54, 1.807) is 7.05 Å². The normalized spacial score (nSPS) is 11.6. The van der Waals surface area contributed by atoms with E-state index in [9.17, 15) is 0 Å². The van der Waals surface area contributed by atoms with Crippen molar-refractivity contribution in [3.8, 4) is 0 Å². The molecule has 0 aromatic carbocycles. The molecule has 0 aliphatic carbocycles. The predicted octanol–water partition coefficient (Wildman–Crippen LogP) is 2.04. The molecule has 0 aromatic rings. The first-order valence-corrected chi connectivity index (χ1v) is 2.84. The fraction of sp³-hybridized carbons (Fsp3) is 0.571. The van der Waals surface area contributed by atoms with E-state index in [-0.39, 0.29) is 0 Å². The molecule has 1 heteroatoms. The highest BCUT2D eigenvalue weighted by Crippen LogP contribution is 1.97. The number of hydrogen-bond donors (Lipinski definition) is 0. The van der Waals surface area contributed by atoms with E-state index in [4.69, 9.17) is 0 Å². The fourth-order valence-corrected chi connectivity index (χ4v) is 0.414. The maximum Gasteiger partial charge on any atom is 0.0339 e. The second kappa shape index (κ2) is 3.42. The number of hydrogen-bond acceptors (Lipinski definition) is 1. The Balaban J connectivity index is 3.83. The average Bonchev–Trinajstić information content (AvgIpc) is 1.84. The van der Waals surface area contributed by atoms with Crippen molar-refractivity contribution in [2.24, 2.45) is 4.99 Å². The molecule has 0 aliphatic rings. The second-order valence-electron chi connectivity index (χ2n) is 1.77. The van der Waals surface area contributed by atoms with Gasteiger partial charge < -0.3 is 0 Å². The second-order valence-corrected chi connectivity index (χ2v) is 1.77. The molecule has 0 N–H and O–H groups in total. The molecule has 0 unspecified atom stereocenters. The molecule has 0 aliphatic heterocycles. The van der Waals surface area contributed by atoms with Gasteiger partial charge in [-0.1, -0.05) is 13.5 Å². The predicted molar refractivity (Wildman–Crippen MR) is 38.5 cm³/mol.